The van der Waals surface area contributed by atoms with Crippen LogP contribution < -0.4 is 11.1 Å². The van der Waals surface area contributed by atoms with Crippen molar-refractivity contribution in [2.45, 2.75) is 19.4 Å². The fourth-order valence-corrected chi connectivity index (χ4v) is 1.63. The van der Waals surface area contributed by atoms with Crippen LogP contribution in [-0.4, -0.2) is 17.6 Å². The third kappa shape index (κ3) is 2.74. The van der Waals surface area contributed by atoms with Gasteiger partial charge in [0.1, 0.15) is 0 Å². The second kappa shape index (κ2) is 4.85. The first-order valence-corrected chi connectivity index (χ1v) is 5.44. The van der Waals surface area contributed by atoms with Crippen molar-refractivity contribution in [2.75, 3.05) is 6.54 Å². The summed E-state index contributed by atoms with van der Waals surface area (Å²) < 4.78 is 4.91. The molecule has 5 nitrogen and oxygen atoms in total. The number of nitriles is 1. The van der Waals surface area contributed by atoms with Crippen molar-refractivity contribution in [1.29, 1.82) is 5.26 Å². The molecule has 88 valence electrons. The Hall–Kier alpha value is -2.06. The van der Waals surface area contributed by atoms with E-state index in [2.05, 4.69) is 16.4 Å². The van der Waals surface area contributed by atoms with Crippen LogP contribution in [0.25, 0.3) is 11.1 Å². The number of aromatic nitrogens is 1. The van der Waals surface area contributed by atoms with Crippen molar-refractivity contribution in [1.82, 2.24) is 10.3 Å². The number of hydrogen-bond donors (Lipinski definition) is 2. The van der Waals surface area contributed by atoms with Gasteiger partial charge in [0.25, 0.3) is 0 Å². The molecule has 17 heavy (non-hydrogen) atoms. The van der Waals surface area contributed by atoms with Crippen molar-refractivity contribution in [3.63, 3.8) is 0 Å². The zero-order valence-corrected chi connectivity index (χ0v) is 9.49. The van der Waals surface area contributed by atoms with Gasteiger partial charge in [0.2, 0.25) is 0 Å². The Bertz CT molecular complexity index is 606. The van der Waals surface area contributed by atoms with Gasteiger partial charge in [-0.3, -0.25) is 4.98 Å². The summed E-state index contributed by atoms with van der Waals surface area (Å²) in [7, 11) is 0. The maximum absolute atomic E-state index is 11.0. The molecule has 1 aromatic carbocycles. The molecule has 2 rings (SSSR count). The van der Waals surface area contributed by atoms with E-state index in [0.29, 0.717) is 11.1 Å². The van der Waals surface area contributed by atoms with Crippen molar-refractivity contribution >= 4 is 11.1 Å². The van der Waals surface area contributed by atoms with E-state index in [1.807, 2.05) is 19.1 Å². The smallest absolute Gasteiger partial charge is 0.408 e. The highest BCUT2D eigenvalue weighted by atomic mass is 16.4. The van der Waals surface area contributed by atoms with Gasteiger partial charge in [-0.05, 0) is 31.0 Å². The molecule has 1 aromatic heterocycles. The molecule has 0 fully saturated rings. The van der Waals surface area contributed by atoms with Gasteiger partial charge >= 0.3 is 5.76 Å². The van der Waals surface area contributed by atoms with Gasteiger partial charge in [0.15, 0.2) is 5.58 Å². The summed E-state index contributed by atoms with van der Waals surface area (Å²) in [5, 5.41) is 11.7. The van der Waals surface area contributed by atoms with Crippen LogP contribution in [0.3, 0.4) is 0 Å². The molecule has 1 unspecified atom stereocenters. The molecule has 5 heteroatoms. The fraction of sp³-hybridized carbons (Fsp3) is 0.333. The lowest BCUT2D eigenvalue weighted by Crippen LogP contribution is -2.26. The molecule has 0 radical (unpaired) electrons. The first kappa shape index (κ1) is 11.4. The molecule has 2 aromatic rings. The van der Waals surface area contributed by atoms with Crippen LogP contribution in [0.4, 0.5) is 0 Å². The van der Waals surface area contributed by atoms with Crippen LogP contribution in [-0.2, 0) is 6.42 Å². The van der Waals surface area contributed by atoms with Crippen molar-refractivity contribution in [3.8, 4) is 6.07 Å². The highest BCUT2D eigenvalue weighted by Gasteiger charge is 2.02. The standard InChI is InChI=1S/C12H13N3O2/c1-8(7-13)14-5-4-9-2-3-11-10(6-9)15-12(16)17-11/h2-3,6,8,14H,4-5H2,1H3,(H,15,16). The van der Waals surface area contributed by atoms with E-state index in [-0.39, 0.29) is 6.04 Å². The minimum atomic E-state index is -0.437. The number of nitrogens with one attached hydrogen (secondary N) is 2. The monoisotopic (exact) mass is 231 g/mol. The zero-order valence-electron chi connectivity index (χ0n) is 9.49. The quantitative estimate of drug-likeness (QED) is 0.827. The molecule has 0 saturated heterocycles. The third-order valence-corrected chi connectivity index (χ3v) is 2.54. The summed E-state index contributed by atoms with van der Waals surface area (Å²) in [5.41, 5.74) is 2.37. The molecule has 0 saturated carbocycles. The third-order valence-electron chi connectivity index (χ3n) is 2.54. The Morgan fingerprint density at radius 3 is 3.18 bits per heavy atom. The summed E-state index contributed by atoms with van der Waals surface area (Å²) in [6.07, 6.45) is 0.801. The summed E-state index contributed by atoms with van der Waals surface area (Å²) in [6.45, 7) is 2.54. The number of aromatic amines is 1. The van der Waals surface area contributed by atoms with Crippen LogP contribution >= 0.6 is 0 Å². The molecule has 0 amide bonds. The fourth-order valence-electron chi connectivity index (χ4n) is 1.63. The number of benzene rings is 1. The predicted octanol–water partition coefficient (Wildman–Crippen LogP) is 1.17. The number of oxazole rings is 1. The second-order valence-corrected chi connectivity index (χ2v) is 3.90. The molecule has 0 aliphatic carbocycles. The van der Waals surface area contributed by atoms with Gasteiger partial charge < -0.3 is 9.73 Å². The molecular weight excluding hydrogens is 218 g/mol. The SMILES string of the molecule is CC(C#N)NCCc1ccc2oc(=O)[nH]c2c1. The van der Waals surface area contributed by atoms with Gasteiger partial charge in [-0.15, -0.1) is 0 Å². The highest BCUT2D eigenvalue weighted by molar-refractivity contribution is 5.72. The highest BCUT2D eigenvalue weighted by Crippen LogP contribution is 2.12. The van der Waals surface area contributed by atoms with Crippen molar-refractivity contribution < 1.29 is 4.42 Å². The van der Waals surface area contributed by atoms with Crippen LogP contribution in [0, 0.1) is 11.3 Å². The maximum Gasteiger partial charge on any atom is 0.417 e. The molecule has 0 aliphatic heterocycles. The summed E-state index contributed by atoms with van der Waals surface area (Å²) >= 11 is 0. The minimum absolute atomic E-state index is 0.146. The van der Waals surface area contributed by atoms with Crippen LogP contribution in [0.2, 0.25) is 0 Å². The molecule has 0 spiro atoms. The van der Waals surface area contributed by atoms with E-state index in [1.54, 1.807) is 6.07 Å². The van der Waals surface area contributed by atoms with Gasteiger partial charge in [0, 0.05) is 6.54 Å². The van der Waals surface area contributed by atoms with E-state index in [0.717, 1.165) is 18.5 Å². The minimum Gasteiger partial charge on any atom is -0.408 e. The van der Waals surface area contributed by atoms with Gasteiger partial charge in [-0.1, -0.05) is 6.07 Å². The summed E-state index contributed by atoms with van der Waals surface area (Å²) in [5.74, 6) is -0.437. The summed E-state index contributed by atoms with van der Waals surface area (Å²) in [6, 6.07) is 7.54. The van der Waals surface area contributed by atoms with E-state index in [1.165, 1.54) is 0 Å². The number of hydrogen-bond acceptors (Lipinski definition) is 4. The lowest BCUT2D eigenvalue weighted by atomic mass is 10.1. The van der Waals surface area contributed by atoms with Gasteiger partial charge in [0.05, 0.1) is 17.6 Å². The molecule has 2 N–H and O–H groups in total. The van der Waals surface area contributed by atoms with Crippen LogP contribution in [0.1, 0.15) is 12.5 Å². The Kier molecular flexibility index (Phi) is 3.26. The first-order chi connectivity index (χ1) is 8.19. The number of nitrogens with zero attached hydrogens (tertiary/aromatic N) is 1. The molecule has 1 atom stereocenters. The Balaban J connectivity index is 2.04. The number of H-pyrrole nitrogens is 1. The van der Waals surface area contributed by atoms with Gasteiger partial charge in [-0.2, -0.15) is 5.26 Å². The van der Waals surface area contributed by atoms with E-state index >= 15 is 0 Å². The largest absolute Gasteiger partial charge is 0.417 e. The Morgan fingerprint density at radius 1 is 1.59 bits per heavy atom. The van der Waals surface area contributed by atoms with E-state index in [4.69, 9.17) is 9.68 Å². The topological polar surface area (TPSA) is 81.8 Å². The normalized spacial score (nSPS) is 12.5. The predicted molar refractivity (Wildman–Crippen MR) is 63.6 cm³/mol. The van der Waals surface area contributed by atoms with Crippen molar-refractivity contribution in [3.05, 3.63) is 34.3 Å². The molecule has 0 aliphatic rings. The van der Waals surface area contributed by atoms with Gasteiger partial charge in [-0.25, -0.2) is 4.79 Å². The second-order valence-electron chi connectivity index (χ2n) is 3.90. The van der Waals surface area contributed by atoms with E-state index in [9.17, 15) is 4.79 Å². The van der Waals surface area contributed by atoms with Crippen LogP contribution in [0.5, 0.6) is 0 Å². The summed E-state index contributed by atoms with van der Waals surface area (Å²) in [4.78, 5) is 13.6. The number of rotatable bonds is 4. The van der Waals surface area contributed by atoms with E-state index < -0.39 is 5.76 Å². The molecular formula is C12H13N3O2. The van der Waals surface area contributed by atoms with Crippen LogP contribution in [0.15, 0.2) is 27.4 Å². The lowest BCUT2D eigenvalue weighted by Gasteiger charge is -2.05. The Labute approximate surface area is 98.1 Å². The molecule has 1 heterocycles. The number of fused-ring (bicyclic) bond motifs is 1. The van der Waals surface area contributed by atoms with Crippen molar-refractivity contribution in [2.24, 2.45) is 0 Å². The molecule has 0 bridgehead atoms. The lowest BCUT2D eigenvalue weighted by molar-refractivity contribution is 0.555. The zero-order chi connectivity index (χ0) is 12.3. The first-order valence-electron chi connectivity index (χ1n) is 5.44. The average molecular weight is 231 g/mol. The average Bonchev–Trinajstić information content (AvgIpc) is 2.68. The Morgan fingerprint density at radius 2 is 2.41 bits per heavy atom. The maximum atomic E-state index is 11.0.